The van der Waals surface area contributed by atoms with Gasteiger partial charge in [0, 0.05) is 26.8 Å². The average Bonchev–Trinajstić information content (AvgIpc) is 3.08. The number of imide groups is 1. The van der Waals surface area contributed by atoms with Crippen molar-refractivity contribution in [3.05, 3.63) is 54.1 Å². The Hall–Kier alpha value is -3.12. The molecular formula is C23H27N3O7S. The van der Waals surface area contributed by atoms with Crippen molar-refractivity contribution in [2.45, 2.75) is 37.5 Å². The lowest BCUT2D eigenvalue weighted by molar-refractivity contribution is -0.126. The van der Waals surface area contributed by atoms with Gasteiger partial charge in [0.05, 0.1) is 23.5 Å². The molecule has 0 spiro atoms. The highest BCUT2D eigenvalue weighted by Crippen LogP contribution is 2.30. The number of carbonyl (C=O) groups excluding carboxylic acids is 3. The first-order valence-corrected chi connectivity index (χ1v) is 11.9. The summed E-state index contributed by atoms with van der Waals surface area (Å²) in [7, 11) is -1.56. The number of sulfonamides is 1. The zero-order valence-electron chi connectivity index (χ0n) is 19.3. The molecule has 10 nitrogen and oxygen atoms in total. The van der Waals surface area contributed by atoms with Crippen LogP contribution in [0, 0.1) is 6.92 Å². The van der Waals surface area contributed by atoms with Gasteiger partial charge in [0.15, 0.2) is 6.29 Å². The molecule has 1 atom stereocenters. The quantitative estimate of drug-likeness (QED) is 0.422. The van der Waals surface area contributed by atoms with Crippen LogP contribution in [-0.4, -0.2) is 63.5 Å². The smallest absolute Gasteiger partial charge is 0.252 e. The molecule has 0 saturated carbocycles. The maximum Gasteiger partial charge on any atom is 0.252 e. The highest BCUT2D eigenvalue weighted by atomic mass is 32.2. The van der Waals surface area contributed by atoms with E-state index in [4.69, 9.17) is 9.47 Å². The van der Waals surface area contributed by atoms with E-state index in [0.29, 0.717) is 11.4 Å². The monoisotopic (exact) mass is 489 g/mol. The highest BCUT2D eigenvalue weighted by molar-refractivity contribution is 7.89. The van der Waals surface area contributed by atoms with E-state index >= 15 is 0 Å². The van der Waals surface area contributed by atoms with Crippen molar-refractivity contribution in [2.24, 2.45) is 0 Å². The molecule has 1 fully saturated rings. The molecule has 34 heavy (non-hydrogen) atoms. The van der Waals surface area contributed by atoms with Gasteiger partial charge in [0.25, 0.3) is 5.91 Å². The number of carbonyl (C=O) groups is 3. The first kappa shape index (κ1) is 25.5. The van der Waals surface area contributed by atoms with Gasteiger partial charge in [0.2, 0.25) is 21.8 Å². The summed E-state index contributed by atoms with van der Waals surface area (Å²) in [5, 5.41) is 2.57. The lowest BCUT2D eigenvalue weighted by atomic mass is 10.2. The fourth-order valence-electron chi connectivity index (χ4n) is 3.64. The average molecular weight is 490 g/mol. The van der Waals surface area contributed by atoms with Gasteiger partial charge in [0.1, 0.15) is 6.04 Å². The number of amides is 3. The number of benzene rings is 2. The van der Waals surface area contributed by atoms with Crippen LogP contribution in [0.15, 0.2) is 53.4 Å². The summed E-state index contributed by atoms with van der Waals surface area (Å²) in [5.74, 6) is -1.46. The summed E-state index contributed by atoms with van der Waals surface area (Å²) >= 11 is 0. The van der Waals surface area contributed by atoms with E-state index in [0.717, 1.165) is 14.8 Å². The molecule has 1 aliphatic heterocycles. The molecule has 1 N–H and O–H groups in total. The summed E-state index contributed by atoms with van der Waals surface area (Å²) in [6.07, 6.45) is -1.29. The van der Waals surface area contributed by atoms with E-state index < -0.39 is 34.2 Å². The first-order valence-electron chi connectivity index (χ1n) is 10.5. The lowest BCUT2D eigenvalue weighted by Gasteiger charge is -2.29. The van der Waals surface area contributed by atoms with Crippen LogP contribution in [0.5, 0.6) is 0 Å². The molecule has 3 rings (SSSR count). The van der Waals surface area contributed by atoms with Crippen molar-refractivity contribution in [2.75, 3.05) is 31.0 Å². The van der Waals surface area contributed by atoms with Gasteiger partial charge >= 0.3 is 0 Å². The van der Waals surface area contributed by atoms with Crippen LogP contribution in [0.4, 0.5) is 11.4 Å². The van der Waals surface area contributed by atoms with E-state index in [9.17, 15) is 22.8 Å². The Labute approximate surface area is 198 Å². The molecule has 3 amide bonds. The van der Waals surface area contributed by atoms with Gasteiger partial charge in [-0.3, -0.25) is 14.4 Å². The summed E-state index contributed by atoms with van der Waals surface area (Å²) in [4.78, 5) is 38.3. The van der Waals surface area contributed by atoms with Crippen LogP contribution < -0.4 is 10.2 Å². The number of rotatable bonds is 9. The number of hydrogen-bond acceptors (Lipinski definition) is 7. The standard InChI is InChI=1S/C23H27N3O7S/c1-15-5-9-18(10-6-15)26-21(28)13-20(23(26)29)25(14-22(32-3)33-4)34(30,31)19-11-7-17(8-12-19)24-16(2)27/h5-12,20,22H,13-14H2,1-4H3,(H,24,27). The highest BCUT2D eigenvalue weighted by Gasteiger charge is 2.47. The summed E-state index contributed by atoms with van der Waals surface area (Å²) in [6, 6.07) is 11.1. The number of nitrogens with zero attached hydrogens (tertiary/aromatic N) is 2. The minimum Gasteiger partial charge on any atom is -0.354 e. The second kappa shape index (κ2) is 10.4. The van der Waals surface area contributed by atoms with E-state index in [1.165, 1.54) is 45.4 Å². The van der Waals surface area contributed by atoms with Gasteiger partial charge in [-0.1, -0.05) is 17.7 Å². The third-order valence-corrected chi connectivity index (χ3v) is 7.29. The van der Waals surface area contributed by atoms with Crippen molar-refractivity contribution in [3.63, 3.8) is 0 Å². The lowest BCUT2D eigenvalue weighted by Crippen LogP contribution is -2.49. The van der Waals surface area contributed by atoms with Crippen molar-refractivity contribution >= 4 is 39.1 Å². The number of aryl methyl sites for hydroxylation is 1. The number of nitrogens with one attached hydrogen (secondary N) is 1. The number of methoxy groups -OCH3 is 2. The SMILES string of the molecule is COC(CN(C1CC(=O)N(c2ccc(C)cc2)C1=O)S(=O)(=O)c1ccc(NC(C)=O)cc1)OC. The Bertz CT molecular complexity index is 1160. The van der Waals surface area contributed by atoms with E-state index in [2.05, 4.69) is 5.32 Å². The molecule has 0 aliphatic carbocycles. The Kier molecular flexibility index (Phi) is 7.82. The van der Waals surface area contributed by atoms with Gasteiger partial charge in [-0.05, 0) is 43.3 Å². The van der Waals surface area contributed by atoms with Crippen LogP contribution in [0.3, 0.4) is 0 Å². The molecule has 0 aromatic heterocycles. The summed E-state index contributed by atoms with van der Waals surface area (Å²) < 4.78 is 38.5. The van der Waals surface area contributed by atoms with E-state index in [1.54, 1.807) is 24.3 Å². The van der Waals surface area contributed by atoms with Crippen LogP contribution in [-0.2, 0) is 33.9 Å². The Morgan fingerprint density at radius 2 is 1.68 bits per heavy atom. The van der Waals surface area contributed by atoms with Crippen molar-refractivity contribution in [3.8, 4) is 0 Å². The van der Waals surface area contributed by atoms with Gasteiger partial charge in [-0.15, -0.1) is 0 Å². The molecule has 182 valence electrons. The maximum absolute atomic E-state index is 13.6. The van der Waals surface area contributed by atoms with Gasteiger partial charge < -0.3 is 14.8 Å². The zero-order valence-corrected chi connectivity index (χ0v) is 20.2. The Morgan fingerprint density at radius 1 is 1.09 bits per heavy atom. The molecule has 0 bridgehead atoms. The summed E-state index contributed by atoms with van der Waals surface area (Å²) in [5.41, 5.74) is 1.74. The molecule has 1 unspecified atom stereocenters. The van der Waals surface area contributed by atoms with Gasteiger partial charge in [-0.2, -0.15) is 4.31 Å². The first-order chi connectivity index (χ1) is 16.1. The number of ether oxygens (including phenoxy) is 2. The van der Waals surface area contributed by atoms with Gasteiger partial charge in [-0.25, -0.2) is 13.3 Å². The van der Waals surface area contributed by atoms with E-state index in [-0.39, 0.29) is 23.8 Å². The second-order valence-electron chi connectivity index (χ2n) is 7.80. The predicted molar refractivity (Wildman–Crippen MR) is 125 cm³/mol. The summed E-state index contributed by atoms with van der Waals surface area (Å²) in [6.45, 7) is 2.90. The molecule has 1 saturated heterocycles. The molecule has 2 aromatic rings. The zero-order chi connectivity index (χ0) is 25.0. The Morgan fingerprint density at radius 3 is 2.21 bits per heavy atom. The third-order valence-electron chi connectivity index (χ3n) is 5.40. The number of anilines is 2. The maximum atomic E-state index is 13.6. The number of hydrogen-bond donors (Lipinski definition) is 1. The predicted octanol–water partition coefficient (Wildman–Crippen LogP) is 1.90. The fraction of sp³-hybridized carbons (Fsp3) is 0.348. The topological polar surface area (TPSA) is 122 Å². The molecular weight excluding hydrogens is 462 g/mol. The second-order valence-corrected chi connectivity index (χ2v) is 9.69. The van der Waals surface area contributed by atoms with Crippen LogP contribution >= 0.6 is 0 Å². The van der Waals surface area contributed by atoms with Crippen molar-refractivity contribution in [1.29, 1.82) is 0 Å². The molecule has 2 aromatic carbocycles. The van der Waals surface area contributed by atoms with Crippen LogP contribution in [0.1, 0.15) is 18.9 Å². The normalized spacial score (nSPS) is 16.5. The van der Waals surface area contributed by atoms with Crippen LogP contribution in [0.2, 0.25) is 0 Å². The molecule has 0 radical (unpaired) electrons. The fourth-order valence-corrected chi connectivity index (χ4v) is 5.21. The largest absolute Gasteiger partial charge is 0.354 e. The minimum atomic E-state index is -4.25. The molecule has 11 heteroatoms. The van der Waals surface area contributed by atoms with Crippen LogP contribution in [0.25, 0.3) is 0 Å². The van der Waals surface area contributed by atoms with E-state index in [1.807, 2.05) is 6.92 Å². The minimum absolute atomic E-state index is 0.110. The molecule has 1 aliphatic rings. The van der Waals surface area contributed by atoms with Crippen molar-refractivity contribution < 1.29 is 32.3 Å². The Balaban J connectivity index is 1.98. The molecule has 1 heterocycles. The third kappa shape index (κ3) is 5.33. The van der Waals surface area contributed by atoms with Crippen molar-refractivity contribution in [1.82, 2.24) is 4.31 Å².